The molecule has 0 N–H and O–H groups in total. The van der Waals surface area contributed by atoms with Gasteiger partial charge >= 0.3 is 0 Å². The van der Waals surface area contributed by atoms with Crippen LogP contribution in [0.2, 0.25) is 0 Å². The summed E-state index contributed by atoms with van der Waals surface area (Å²) in [5.41, 5.74) is 6.10. The minimum absolute atomic E-state index is 0.156. The topological polar surface area (TPSA) is 3.24 Å². The van der Waals surface area contributed by atoms with E-state index in [1.54, 1.807) is 12.1 Å². The van der Waals surface area contributed by atoms with Crippen molar-refractivity contribution in [1.82, 2.24) is 4.90 Å². The lowest BCUT2D eigenvalue weighted by molar-refractivity contribution is 0.417. The van der Waals surface area contributed by atoms with Crippen molar-refractivity contribution in [2.24, 2.45) is 0 Å². The van der Waals surface area contributed by atoms with Gasteiger partial charge in [-0.25, -0.2) is 4.39 Å². The molecule has 2 aromatic rings. The molecule has 0 saturated heterocycles. The van der Waals surface area contributed by atoms with E-state index < -0.39 is 0 Å². The SMILES string of the molecule is CN(C)CCC=C1c2ccccc2CCc2ccc(F)cc21. The number of rotatable bonds is 3. The molecule has 0 spiro atoms. The minimum Gasteiger partial charge on any atom is -0.309 e. The van der Waals surface area contributed by atoms with Crippen LogP contribution in [-0.4, -0.2) is 25.5 Å². The van der Waals surface area contributed by atoms with E-state index in [1.165, 1.54) is 22.3 Å². The third kappa shape index (κ3) is 3.12. The summed E-state index contributed by atoms with van der Waals surface area (Å²) in [6, 6.07) is 13.7. The number of nitrogens with zero attached hydrogens (tertiary/aromatic N) is 1. The first kappa shape index (κ1) is 15.0. The maximum absolute atomic E-state index is 13.8. The molecule has 3 rings (SSSR count). The Hall–Kier alpha value is -1.93. The smallest absolute Gasteiger partial charge is 0.123 e. The van der Waals surface area contributed by atoms with Gasteiger partial charge in [-0.1, -0.05) is 36.4 Å². The molecular formula is C20H22FN. The quantitative estimate of drug-likeness (QED) is 0.815. The van der Waals surface area contributed by atoms with Gasteiger partial charge in [0.05, 0.1) is 0 Å². The molecule has 0 atom stereocenters. The summed E-state index contributed by atoms with van der Waals surface area (Å²) in [6.45, 7) is 0.996. The molecule has 0 amide bonds. The Balaban J connectivity index is 2.10. The molecule has 0 aromatic heterocycles. The lowest BCUT2D eigenvalue weighted by atomic mass is 9.93. The Kier molecular flexibility index (Phi) is 4.39. The Morgan fingerprint density at radius 3 is 2.50 bits per heavy atom. The second-order valence-corrected chi connectivity index (χ2v) is 6.17. The predicted octanol–water partition coefficient (Wildman–Crippen LogP) is 4.31. The van der Waals surface area contributed by atoms with Crippen LogP contribution in [0.4, 0.5) is 4.39 Å². The van der Waals surface area contributed by atoms with E-state index in [-0.39, 0.29) is 5.82 Å². The van der Waals surface area contributed by atoms with E-state index in [0.29, 0.717) is 0 Å². The number of hydrogen-bond donors (Lipinski definition) is 0. The molecule has 114 valence electrons. The first-order valence-electron chi connectivity index (χ1n) is 7.87. The van der Waals surface area contributed by atoms with Crippen molar-refractivity contribution in [3.63, 3.8) is 0 Å². The highest BCUT2D eigenvalue weighted by molar-refractivity contribution is 5.83. The highest BCUT2D eigenvalue weighted by atomic mass is 19.1. The summed E-state index contributed by atoms with van der Waals surface area (Å²) in [5.74, 6) is -0.156. The molecule has 0 unspecified atom stereocenters. The maximum Gasteiger partial charge on any atom is 0.123 e. The average Bonchev–Trinajstić information content (AvgIpc) is 2.65. The molecule has 0 heterocycles. The van der Waals surface area contributed by atoms with E-state index in [4.69, 9.17) is 0 Å². The molecule has 1 nitrogen and oxygen atoms in total. The van der Waals surface area contributed by atoms with Gasteiger partial charge in [0.15, 0.2) is 0 Å². The summed E-state index contributed by atoms with van der Waals surface area (Å²) in [5, 5.41) is 0. The monoisotopic (exact) mass is 295 g/mol. The lowest BCUT2D eigenvalue weighted by Gasteiger charge is -2.13. The molecule has 0 fully saturated rings. The van der Waals surface area contributed by atoms with E-state index in [1.807, 2.05) is 6.07 Å². The molecule has 2 aromatic carbocycles. The standard InChI is InChI=1S/C20H22FN/c1-22(2)13-5-8-19-18-7-4-3-6-15(18)9-10-16-11-12-17(21)14-20(16)19/h3-4,6-8,11-12,14H,5,9-10,13H2,1-2H3. The van der Waals surface area contributed by atoms with Crippen molar-refractivity contribution < 1.29 is 4.39 Å². The van der Waals surface area contributed by atoms with Gasteiger partial charge in [0.2, 0.25) is 0 Å². The second kappa shape index (κ2) is 6.45. The van der Waals surface area contributed by atoms with Crippen molar-refractivity contribution >= 4 is 5.57 Å². The third-order valence-corrected chi connectivity index (χ3v) is 4.26. The molecule has 0 bridgehead atoms. The van der Waals surface area contributed by atoms with Crippen molar-refractivity contribution in [2.45, 2.75) is 19.3 Å². The van der Waals surface area contributed by atoms with Gasteiger partial charge in [-0.3, -0.25) is 0 Å². The molecular weight excluding hydrogens is 273 g/mol. The second-order valence-electron chi connectivity index (χ2n) is 6.17. The minimum atomic E-state index is -0.156. The van der Waals surface area contributed by atoms with Crippen LogP contribution in [-0.2, 0) is 12.8 Å². The van der Waals surface area contributed by atoms with Crippen molar-refractivity contribution in [3.05, 3.63) is 76.6 Å². The van der Waals surface area contributed by atoms with Crippen molar-refractivity contribution in [2.75, 3.05) is 20.6 Å². The molecule has 22 heavy (non-hydrogen) atoms. The zero-order chi connectivity index (χ0) is 15.5. The first-order chi connectivity index (χ1) is 10.6. The Morgan fingerprint density at radius 2 is 1.73 bits per heavy atom. The van der Waals surface area contributed by atoms with E-state index >= 15 is 0 Å². The van der Waals surface area contributed by atoms with Crippen LogP contribution in [0.1, 0.15) is 28.7 Å². The fourth-order valence-corrected chi connectivity index (χ4v) is 3.12. The summed E-state index contributed by atoms with van der Waals surface area (Å²) < 4.78 is 13.8. The fraction of sp³-hybridized carbons (Fsp3) is 0.300. The van der Waals surface area contributed by atoms with Crippen LogP contribution in [0, 0.1) is 5.82 Å². The Morgan fingerprint density at radius 1 is 1.00 bits per heavy atom. The van der Waals surface area contributed by atoms with Gasteiger partial charge < -0.3 is 4.90 Å². The van der Waals surface area contributed by atoms with E-state index in [0.717, 1.165) is 31.4 Å². The summed E-state index contributed by atoms with van der Waals surface area (Å²) in [6.07, 6.45) is 5.21. The molecule has 1 aliphatic rings. The summed E-state index contributed by atoms with van der Waals surface area (Å²) in [7, 11) is 4.15. The van der Waals surface area contributed by atoms with Gasteiger partial charge in [0.1, 0.15) is 5.82 Å². The lowest BCUT2D eigenvalue weighted by Crippen LogP contribution is -2.12. The first-order valence-corrected chi connectivity index (χ1v) is 7.87. The zero-order valence-corrected chi connectivity index (χ0v) is 13.3. The zero-order valence-electron chi connectivity index (χ0n) is 13.3. The number of hydrogen-bond acceptors (Lipinski definition) is 1. The number of halogens is 1. The van der Waals surface area contributed by atoms with Crippen molar-refractivity contribution in [3.8, 4) is 0 Å². The van der Waals surface area contributed by atoms with E-state index in [2.05, 4.69) is 49.3 Å². The van der Waals surface area contributed by atoms with Gasteiger partial charge in [0, 0.05) is 6.54 Å². The summed E-state index contributed by atoms with van der Waals surface area (Å²) in [4.78, 5) is 2.17. The Bertz CT molecular complexity index is 701. The highest BCUT2D eigenvalue weighted by Crippen LogP contribution is 2.34. The highest BCUT2D eigenvalue weighted by Gasteiger charge is 2.18. The summed E-state index contributed by atoms with van der Waals surface area (Å²) >= 11 is 0. The van der Waals surface area contributed by atoms with Gasteiger partial charge in [-0.05, 0) is 73.3 Å². The fourth-order valence-electron chi connectivity index (χ4n) is 3.12. The van der Waals surface area contributed by atoms with Crippen LogP contribution < -0.4 is 0 Å². The third-order valence-electron chi connectivity index (χ3n) is 4.26. The van der Waals surface area contributed by atoms with Crippen LogP contribution in [0.3, 0.4) is 0 Å². The van der Waals surface area contributed by atoms with Crippen LogP contribution in [0.25, 0.3) is 5.57 Å². The van der Waals surface area contributed by atoms with E-state index in [9.17, 15) is 4.39 Å². The maximum atomic E-state index is 13.8. The number of fused-ring (bicyclic) bond motifs is 2. The molecule has 0 radical (unpaired) electrons. The number of benzene rings is 2. The van der Waals surface area contributed by atoms with Crippen molar-refractivity contribution in [1.29, 1.82) is 0 Å². The molecule has 2 heteroatoms. The molecule has 0 saturated carbocycles. The predicted molar refractivity (Wildman–Crippen MR) is 90.5 cm³/mol. The Labute approximate surface area is 132 Å². The van der Waals surface area contributed by atoms with Crippen LogP contribution in [0.5, 0.6) is 0 Å². The average molecular weight is 295 g/mol. The molecule has 0 aliphatic heterocycles. The normalized spacial score (nSPS) is 15.5. The molecule has 1 aliphatic carbocycles. The van der Waals surface area contributed by atoms with Gasteiger partial charge in [0.25, 0.3) is 0 Å². The van der Waals surface area contributed by atoms with Crippen LogP contribution in [0.15, 0.2) is 48.5 Å². The largest absolute Gasteiger partial charge is 0.309 e. The van der Waals surface area contributed by atoms with Gasteiger partial charge in [-0.2, -0.15) is 0 Å². The number of aryl methyl sites for hydroxylation is 2. The van der Waals surface area contributed by atoms with Gasteiger partial charge in [-0.15, -0.1) is 0 Å². The van der Waals surface area contributed by atoms with Crippen LogP contribution >= 0.6 is 0 Å².